The SMILES string of the molecule is CCCCCC1CCC(c2cc(C(F)F)cs2)(c2ccccc2C(=O)O)C(F)C1F. The Hall–Kier alpha value is -1.89. The first-order valence-electron chi connectivity index (χ1n) is 10.3. The summed E-state index contributed by atoms with van der Waals surface area (Å²) in [4.78, 5) is 12.1. The molecule has 0 radical (unpaired) electrons. The lowest BCUT2D eigenvalue weighted by Crippen LogP contribution is -2.50. The predicted molar refractivity (Wildman–Crippen MR) is 110 cm³/mol. The van der Waals surface area contributed by atoms with Gasteiger partial charge in [0.05, 0.1) is 11.0 Å². The molecule has 30 heavy (non-hydrogen) atoms. The molecule has 0 bridgehead atoms. The van der Waals surface area contributed by atoms with Crippen LogP contribution in [0.2, 0.25) is 0 Å². The Balaban J connectivity index is 2.09. The minimum Gasteiger partial charge on any atom is -0.478 e. The van der Waals surface area contributed by atoms with E-state index in [1.54, 1.807) is 6.07 Å². The number of thiophene rings is 1. The Labute approximate surface area is 177 Å². The Morgan fingerprint density at radius 1 is 1.27 bits per heavy atom. The van der Waals surface area contributed by atoms with E-state index in [2.05, 4.69) is 0 Å². The van der Waals surface area contributed by atoms with Crippen LogP contribution in [-0.4, -0.2) is 23.4 Å². The van der Waals surface area contributed by atoms with Crippen LogP contribution >= 0.6 is 11.3 Å². The fourth-order valence-electron chi connectivity index (χ4n) is 4.61. The molecule has 1 N–H and O–H groups in total. The highest BCUT2D eigenvalue weighted by Crippen LogP contribution is 2.53. The third kappa shape index (κ3) is 4.13. The fourth-order valence-corrected chi connectivity index (χ4v) is 5.79. The van der Waals surface area contributed by atoms with Crippen molar-refractivity contribution in [3.8, 4) is 0 Å². The van der Waals surface area contributed by atoms with Gasteiger partial charge in [0.1, 0.15) is 12.3 Å². The van der Waals surface area contributed by atoms with Gasteiger partial charge in [0.25, 0.3) is 6.43 Å². The summed E-state index contributed by atoms with van der Waals surface area (Å²) in [5, 5.41) is 10.9. The molecule has 1 aliphatic carbocycles. The first kappa shape index (κ1) is 22.8. The number of benzene rings is 1. The van der Waals surface area contributed by atoms with Gasteiger partial charge in [-0.05, 0) is 48.3 Å². The van der Waals surface area contributed by atoms with Crippen LogP contribution < -0.4 is 0 Å². The molecule has 0 aliphatic heterocycles. The van der Waals surface area contributed by atoms with Crippen molar-refractivity contribution in [3.05, 3.63) is 57.3 Å². The number of carbonyl (C=O) groups is 1. The maximum atomic E-state index is 15.9. The van der Waals surface area contributed by atoms with Crippen molar-refractivity contribution in [3.63, 3.8) is 0 Å². The van der Waals surface area contributed by atoms with Crippen molar-refractivity contribution in [1.82, 2.24) is 0 Å². The second-order valence-electron chi connectivity index (χ2n) is 8.01. The third-order valence-electron chi connectivity index (χ3n) is 6.24. The van der Waals surface area contributed by atoms with Crippen LogP contribution in [0.5, 0.6) is 0 Å². The molecule has 7 heteroatoms. The Morgan fingerprint density at radius 2 is 2.00 bits per heavy atom. The first-order valence-corrected chi connectivity index (χ1v) is 11.2. The molecule has 1 fully saturated rings. The van der Waals surface area contributed by atoms with Crippen LogP contribution in [0.15, 0.2) is 35.7 Å². The average molecular weight is 443 g/mol. The number of rotatable bonds is 8. The van der Waals surface area contributed by atoms with Crippen LogP contribution in [0.3, 0.4) is 0 Å². The predicted octanol–water partition coefficient (Wildman–Crippen LogP) is 7.34. The average Bonchev–Trinajstić information content (AvgIpc) is 3.23. The second kappa shape index (κ2) is 9.50. The quantitative estimate of drug-likeness (QED) is 0.343. The lowest BCUT2D eigenvalue weighted by atomic mass is 9.62. The highest BCUT2D eigenvalue weighted by Gasteiger charge is 2.54. The molecule has 4 unspecified atom stereocenters. The van der Waals surface area contributed by atoms with Crippen LogP contribution in [0.1, 0.15) is 78.2 Å². The van der Waals surface area contributed by atoms with Crippen molar-refractivity contribution in [2.75, 3.05) is 0 Å². The molecule has 1 aromatic carbocycles. The smallest absolute Gasteiger partial charge is 0.335 e. The molecule has 164 valence electrons. The van der Waals surface area contributed by atoms with Gasteiger partial charge in [0.2, 0.25) is 0 Å². The van der Waals surface area contributed by atoms with Crippen LogP contribution in [-0.2, 0) is 5.41 Å². The standard InChI is InChI=1S/C23H26F4O2S/c1-2-3-4-7-14-10-11-23(20(25)19(14)24,18-12-15(13-30-18)21(26)27)17-9-6-5-8-16(17)22(28)29/h5-6,8-9,12-14,19-21H,2-4,7,10-11H2,1H3,(H,28,29). The van der Waals surface area contributed by atoms with E-state index < -0.39 is 36.1 Å². The van der Waals surface area contributed by atoms with Gasteiger partial charge >= 0.3 is 5.97 Å². The monoisotopic (exact) mass is 442 g/mol. The van der Waals surface area contributed by atoms with Gasteiger partial charge in [-0.15, -0.1) is 11.3 Å². The van der Waals surface area contributed by atoms with Gasteiger partial charge in [-0.25, -0.2) is 22.4 Å². The van der Waals surface area contributed by atoms with E-state index in [0.29, 0.717) is 12.8 Å². The molecule has 0 amide bonds. The van der Waals surface area contributed by atoms with Crippen LogP contribution in [0.25, 0.3) is 0 Å². The molecule has 1 heterocycles. The number of carboxylic acid groups (broad SMARTS) is 1. The van der Waals surface area contributed by atoms with Gasteiger partial charge in [0.15, 0.2) is 0 Å². The first-order chi connectivity index (χ1) is 14.3. The summed E-state index contributed by atoms with van der Waals surface area (Å²) in [6.07, 6.45) is -2.68. The van der Waals surface area contributed by atoms with Crippen LogP contribution in [0, 0.1) is 5.92 Å². The molecule has 3 rings (SSSR count). The molecule has 4 atom stereocenters. The number of aromatic carboxylic acids is 1. The second-order valence-corrected chi connectivity index (χ2v) is 8.92. The summed E-state index contributed by atoms with van der Waals surface area (Å²) in [7, 11) is 0. The summed E-state index contributed by atoms with van der Waals surface area (Å²) < 4.78 is 57.8. The fraction of sp³-hybridized carbons (Fsp3) is 0.522. The molecule has 1 aromatic heterocycles. The van der Waals surface area contributed by atoms with Crippen molar-refractivity contribution in [2.24, 2.45) is 5.92 Å². The number of alkyl halides is 4. The highest BCUT2D eigenvalue weighted by atomic mass is 32.1. The zero-order chi connectivity index (χ0) is 21.9. The molecule has 2 aromatic rings. The van der Waals surface area contributed by atoms with Crippen LogP contribution in [0.4, 0.5) is 17.6 Å². The van der Waals surface area contributed by atoms with Gasteiger partial charge in [-0.1, -0.05) is 44.4 Å². The van der Waals surface area contributed by atoms with E-state index in [4.69, 9.17) is 0 Å². The van der Waals surface area contributed by atoms with Gasteiger partial charge in [-0.2, -0.15) is 0 Å². The molecule has 1 aliphatic rings. The summed E-state index contributed by atoms with van der Waals surface area (Å²) in [6.45, 7) is 2.04. The van der Waals surface area contributed by atoms with E-state index >= 15 is 8.78 Å². The number of unbranched alkanes of at least 4 members (excludes halogenated alkanes) is 2. The van der Waals surface area contributed by atoms with E-state index in [0.717, 1.165) is 30.6 Å². The normalized spacial score (nSPS) is 26.8. The Bertz CT molecular complexity index is 868. The highest BCUT2D eigenvalue weighted by molar-refractivity contribution is 7.10. The molecular weight excluding hydrogens is 416 g/mol. The van der Waals surface area contributed by atoms with E-state index in [1.165, 1.54) is 29.6 Å². The van der Waals surface area contributed by atoms with E-state index in [1.807, 2.05) is 6.92 Å². The molecular formula is C23H26F4O2S. The third-order valence-corrected chi connectivity index (χ3v) is 7.36. The lowest BCUT2D eigenvalue weighted by molar-refractivity contribution is 0.0149. The Morgan fingerprint density at radius 3 is 2.63 bits per heavy atom. The van der Waals surface area contributed by atoms with Crippen molar-refractivity contribution in [2.45, 2.75) is 69.6 Å². The van der Waals surface area contributed by atoms with Gasteiger partial charge in [0, 0.05) is 10.4 Å². The molecule has 0 saturated heterocycles. The molecule has 0 spiro atoms. The van der Waals surface area contributed by atoms with Crippen molar-refractivity contribution >= 4 is 17.3 Å². The van der Waals surface area contributed by atoms with Crippen molar-refractivity contribution in [1.29, 1.82) is 0 Å². The zero-order valence-electron chi connectivity index (χ0n) is 16.8. The summed E-state index contributed by atoms with van der Waals surface area (Å²) in [5.41, 5.74) is -1.81. The van der Waals surface area contributed by atoms with E-state index in [9.17, 15) is 18.7 Å². The lowest BCUT2D eigenvalue weighted by Gasteiger charge is -2.45. The molecule has 2 nitrogen and oxygen atoms in total. The topological polar surface area (TPSA) is 37.3 Å². The number of halogens is 4. The van der Waals surface area contributed by atoms with E-state index in [-0.39, 0.29) is 28.0 Å². The number of hydrogen-bond acceptors (Lipinski definition) is 2. The maximum Gasteiger partial charge on any atom is 0.335 e. The van der Waals surface area contributed by atoms with Gasteiger partial charge < -0.3 is 5.11 Å². The number of carboxylic acids is 1. The summed E-state index contributed by atoms with van der Waals surface area (Å²) >= 11 is 0.947. The minimum absolute atomic E-state index is 0.122. The van der Waals surface area contributed by atoms with Crippen molar-refractivity contribution < 1.29 is 27.5 Å². The maximum absolute atomic E-state index is 15.9. The zero-order valence-corrected chi connectivity index (χ0v) is 17.6. The summed E-state index contributed by atoms with van der Waals surface area (Å²) in [5.74, 6) is -1.70. The summed E-state index contributed by atoms with van der Waals surface area (Å²) in [6, 6.07) is 7.16. The number of hydrogen-bond donors (Lipinski definition) is 1. The minimum atomic E-state index is -2.73. The van der Waals surface area contributed by atoms with Gasteiger partial charge in [-0.3, -0.25) is 0 Å². The Kier molecular flexibility index (Phi) is 7.22. The molecule has 1 saturated carbocycles. The largest absolute Gasteiger partial charge is 0.478 e.